The molecule has 1 aromatic heterocycles. The quantitative estimate of drug-likeness (QED) is 0.724. The molecule has 1 aromatic carbocycles. The number of halogens is 1. The van der Waals surface area contributed by atoms with Gasteiger partial charge >= 0.3 is 0 Å². The number of aryl methyl sites for hydroxylation is 1. The Bertz CT molecular complexity index is 1010. The zero-order chi connectivity index (χ0) is 21.3. The highest BCUT2D eigenvalue weighted by molar-refractivity contribution is 7.89. The molecule has 0 N–H and O–H groups in total. The number of fused-ring (bicyclic) bond motifs is 1. The fourth-order valence-corrected chi connectivity index (χ4v) is 5.62. The van der Waals surface area contributed by atoms with Gasteiger partial charge in [-0.1, -0.05) is 12.1 Å². The van der Waals surface area contributed by atoms with E-state index < -0.39 is 10.0 Å². The molecular weight excluding hydrogens is 403 g/mol. The Morgan fingerprint density at radius 3 is 2.63 bits per heavy atom. The van der Waals surface area contributed by atoms with Crippen molar-refractivity contribution < 1.29 is 12.8 Å². The van der Waals surface area contributed by atoms with Crippen LogP contribution in [0.3, 0.4) is 0 Å². The van der Waals surface area contributed by atoms with Gasteiger partial charge in [0.05, 0.1) is 5.75 Å². The monoisotopic (exact) mass is 432 g/mol. The minimum Gasteiger partial charge on any atom is -0.352 e. The van der Waals surface area contributed by atoms with Crippen molar-refractivity contribution in [3.05, 3.63) is 52.7 Å². The molecule has 2 aromatic rings. The zero-order valence-electron chi connectivity index (χ0n) is 17.6. The number of hydrogen-bond donors (Lipinski definition) is 0. The van der Waals surface area contributed by atoms with Gasteiger partial charge in [0.1, 0.15) is 17.5 Å². The van der Waals surface area contributed by atoms with Crippen LogP contribution in [0.25, 0.3) is 0 Å². The van der Waals surface area contributed by atoms with Crippen molar-refractivity contribution in [1.29, 1.82) is 0 Å². The van der Waals surface area contributed by atoms with Crippen molar-refractivity contribution in [3.8, 4) is 0 Å². The van der Waals surface area contributed by atoms with E-state index in [4.69, 9.17) is 9.97 Å². The molecule has 0 radical (unpaired) electrons. The molecule has 1 saturated heterocycles. The lowest BCUT2D eigenvalue weighted by atomic mass is 9.97. The molecular formula is C22H29FN4O2S. The van der Waals surface area contributed by atoms with Crippen molar-refractivity contribution in [2.45, 2.75) is 52.0 Å². The highest BCUT2D eigenvalue weighted by atomic mass is 32.2. The first kappa shape index (κ1) is 21.2. The molecule has 1 fully saturated rings. The van der Waals surface area contributed by atoms with E-state index >= 15 is 0 Å². The summed E-state index contributed by atoms with van der Waals surface area (Å²) in [6.45, 7) is 6.30. The van der Waals surface area contributed by atoms with Gasteiger partial charge < -0.3 is 4.90 Å². The first-order chi connectivity index (χ1) is 14.4. The minimum absolute atomic E-state index is 0.0127. The van der Waals surface area contributed by atoms with Crippen LogP contribution >= 0.6 is 0 Å². The van der Waals surface area contributed by atoms with Crippen molar-refractivity contribution >= 4 is 15.8 Å². The van der Waals surface area contributed by atoms with Crippen LogP contribution in [-0.4, -0.2) is 48.1 Å². The molecule has 4 rings (SSSR count). The maximum atomic E-state index is 13.3. The summed E-state index contributed by atoms with van der Waals surface area (Å²) in [5.41, 5.74) is 3.19. The number of benzene rings is 1. The predicted octanol–water partition coefficient (Wildman–Crippen LogP) is 3.41. The van der Waals surface area contributed by atoms with Crippen LogP contribution in [0.15, 0.2) is 24.3 Å². The lowest BCUT2D eigenvalue weighted by Crippen LogP contribution is -2.40. The lowest BCUT2D eigenvalue weighted by molar-refractivity contribution is 0.309. The summed E-state index contributed by atoms with van der Waals surface area (Å²) in [4.78, 5) is 12.0. The largest absolute Gasteiger partial charge is 0.352 e. The van der Waals surface area contributed by atoms with Crippen LogP contribution in [0, 0.1) is 12.7 Å². The Morgan fingerprint density at radius 1 is 1.13 bits per heavy atom. The summed E-state index contributed by atoms with van der Waals surface area (Å²) >= 11 is 0. The fourth-order valence-electron chi connectivity index (χ4n) is 4.44. The molecule has 1 atom stereocenters. The number of nitrogens with zero attached hydrogens (tertiary/aromatic N) is 4. The van der Waals surface area contributed by atoms with E-state index in [9.17, 15) is 12.8 Å². The predicted molar refractivity (Wildman–Crippen MR) is 116 cm³/mol. The van der Waals surface area contributed by atoms with Gasteiger partial charge in [0.15, 0.2) is 0 Å². The molecule has 0 spiro atoms. The maximum Gasteiger partial charge on any atom is 0.213 e. The van der Waals surface area contributed by atoms with Gasteiger partial charge in [0.25, 0.3) is 0 Å². The highest BCUT2D eigenvalue weighted by Gasteiger charge is 2.31. The van der Waals surface area contributed by atoms with Gasteiger partial charge in [-0.25, -0.2) is 27.1 Å². The molecule has 0 unspecified atom stereocenters. The third-order valence-electron chi connectivity index (χ3n) is 6.16. The Morgan fingerprint density at radius 2 is 1.90 bits per heavy atom. The van der Waals surface area contributed by atoms with E-state index in [1.54, 1.807) is 11.2 Å². The van der Waals surface area contributed by atoms with E-state index in [1.807, 2.05) is 19.1 Å². The first-order valence-electron chi connectivity index (χ1n) is 10.7. The van der Waals surface area contributed by atoms with Crippen LogP contribution in [0.1, 0.15) is 54.7 Å². The second-order valence-electron chi connectivity index (χ2n) is 8.22. The maximum absolute atomic E-state index is 13.3. The Labute approximate surface area is 178 Å². The summed E-state index contributed by atoms with van der Waals surface area (Å²) in [5, 5.41) is 0. The average molecular weight is 433 g/mol. The van der Waals surface area contributed by atoms with Crippen molar-refractivity contribution in [2.24, 2.45) is 0 Å². The number of hydrogen-bond acceptors (Lipinski definition) is 5. The molecule has 30 heavy (non-hydrogen) atoms. The summed E-state index contributed by atoms with van der Waals surface area (Å²) in [5.74, 6) is 1.59. The Kier molecular flexibility index (Phi) is 6.06. The minimum atomic E-state index is -3.21. The Balaban J connectivity index is 1.62. The molecule has 0 bridgehead atoms. The number of piperidine rings is 1. The van der Waals surface area contributed by atoms with Crippen molar-refractivity contribution in [3.63, 3.8) is 0 Å². The topological polar surface area (TPSA) is 66.4 Å². The SMILES string of the molecule is CCS(=O)(=O)N1CCC[C@@H](c2nc(C)c3c(n2)N(Cc2ccc(F)cc2)CCC3)C1. The lowest BCUT2D eigenvalue weighted by Gasteiger charge is -2.34. The summed E-state index contributed by atoms with van der Waals surface area (Å²) < 4.78 is 39.6. The van der Waals surface area contributed by atoms with Crippen molar-refractivity contribution in [1.82, 2.24) is 14.3 Å². The van der Waals surface area contributed by atoms with Crippen LogP contribution in [-0.2, 0) is 23.0 Å². The standard InChI is InChI=1S/C22H29FN4O2S/c1-3-30(28,29)27-13-4-6-18(15-27)21-24-16(2)20-7-5-12-26(22(20)25-21)14-17-8-10-19(23)11-9-17/h8-11,18H,3-7,12-15H2,1-2H3/t18-/m1/s1. The number of anilines is 1. The van der Waals surface area contributed by atoms with Crippen molar-refractivity contribution in [2.75, 3.05) is 30.3 Å². The summed E-state index contributed by atoms with van der Waals surface area (Å²) in [6.07, 6.45) is 3.70. The molecule has 2 aliphatic rings. The first-order valence-corrected chi connectivity index (χ1v) is 12.3. The molecule has 162 valence electrons. The molecule has 0 saturated carbocycles. The second kappa shape index (κ2) is 8.59. The van der Waals surface area contributed by atoms with Gasteiger partial charge in [0.2, 0.25) is 10.0 Å². The average Bonchev–Trinajstić information content (AvgIpc) is 2.76. The third-order valence-corrected chi connectivity index (χ3v) is 8.01. The van der Waals surface area contributed by atoms with E-state index in [1.165, 1.54) is 17.7 Å². The van der Waals surface area contributed by atoms with E-state index in [-0.39, 0.29) is 17.5 Å². The number of sulfonamides is 1. The molecule has 0 amide bonds. The van der Waals surface area contributed by atoms with E-state index in [0.29, 0.717) is 19.6 Å². The second-order valence-corrected chi connectivity index (χ2v) is 10.5. The van der Waals surface area contributed by atoms with Crippen LogP contribution < -0.4 is 4.90 Å². The molecule has 6 nitrogen and oxygen atoms in total. The van der Waals surface area contributed by atoms with Crippen LogP contribution in [0.5, 0.6) is 0 Å². The molecule has 3 heterocycles. The van der Waals surface area contributed by atoms with Gasteiger partial charge in [-0.15, -0.1) is 0 Å². The van der Waals surface area contributed by atoms with Gasteiger partial charge in [-0.2, -0.15) is 0 Å². The van der Waals surface area contributed by atoms with Crippen LogP contribution in [0.2, 0.25) is 0 Å². The molecule has 0 aliphatic carbocycles. The summed E-state index contributed by atoms with van der Waals surface area (Å²) in [7, 11) is -3.21. The fraction of sp³-hybridized carbons (Fsp3) is 0.545. The third kappa shape index (κ3) is 4.34. The number of rotatable bonds is 5. The van der Waals surface area contributed by atoms with Gasteiger partial charge in [0, 0.05) is 43.4 Å². The molecule has 2 aliphatic heterocycles. The Hall–Kier alpha value is -2.06. The zero-order valence-corrected chi connectivity index (χ0v) is 18.5. The smallest absolute Gasteiger partial charge is 0.213 e. The van der Waals surface area contributed by atoms with E-state index in [0.717, 1.165) is 55.1 Å². The van der Waals surface area contributed by atoms with E-state index in [2.05, 4.69) is 4.90 Å². The van der Waals surface area contributed by atoms with Gasteiger partial charge in [-0.05, 0) is 57.2 Å². The highest BCUT2D eigenvalue weighted by Crippen LogP contribution is 2.33. The normalized spacial score (nSPS) is 20.2. The summed E-state index contributed by atoms with van der Waals surface area (Å²) in [6, 6.07) is 6.60. The molecule has 8 heteroatoms. The number of aromatic nitrogens is 2. The van der Waals surface area contributed by atoms with Gasteiger partial charge in [-0.3, -0.25) is 0 Å². The van der Waals surface area contributed by atoms with Crippen LogP contribution in [0.4, 0.5) is 10.2 Å².